The molecule has 1 fully saturated rings. The molecular formula is C12H10ClNO5S. The lowest BCUT2D eigenvalue weighted by Gasteiger charge is -2.10. The van der Waals surface area contributed by atoms with E-state index in [0.717, 1.165) is 16.7 Å². The summed E-state index contributed by atoms with van der Waals surface area (Å²) in [5.41, 5.74) is -0.0234. The van der Waals surface area contributed by atoms with E-state index in [-0.39, 0.29) is 35.4 Å². The Kier molecular flexibility index (Phi) is 4.51. The van der Waals surface area contributed by atoms with Crippen molar-refractivity contribution in [3.05, 3.63) is 28.8 Å². The Labute approximate surface area is 123 Å². The molecule has 0 unspecified atom stereocenters. The molecule has 1 aromatic rings. The number of benzene rings is 1. The molecule has 2 amide bonds. The molecule has 0 aliphatic carbocycles. The molecule has 6 nitrogen and oxygen atoms in total. The van der Waals surface area contributed by atoms with Crippen molar-refractivity contribution in [2.45, 2.75) is 4.90 Å². The Morgan fingerprint density at radius 1 is 1.45 bits per heavy atom. The van der Waals surface area contributed by atoms with Crippen LogP contribution >= 0.6 is 23.4 Å². The highest BCUT2D eigenvalue weighted by Crippen LogP contribution is 2.25. The Balaban J connectivity index is 2.00. The Hall–Kier alpha value is -1.73. The van der Waals surface area contributed by atoms with Gasteiger partial charge < -0.3 is 9.84 Å². The number of carbonyl (C=O) groups excluding carboxylic acids is 2. The minimum absolute atomic E-state index is 0.0234. The van der Waals surface area contributed by atoms with Gasteiger partial charge >= 0.3 is 12.1 Å². The van der Waals surface area contributed by atoms with Crippen molar-refractivity contribution in [3.8, 4) is 0 Å². The lowest BCUT2D eigenvalue weighted by Crippen LogP contribution is -2.32. The quantitative estimate of drug-likeness (QED) is 0.857. The van der Waals surface area contributed by atoms with E-state index in [1.165, 1.54) is 12.1 Å². The summed E-state index contributed by atoms with van der Waals surface area (Å²) >= 11 is 6.89. The van der Waals surface area contributed by atoms with E-state index in [1.807, 2.05) is 0 Å². The Morgan fingerprint density at radius 3 is 2.80 bits per heavy atom. The van der Waals surface area contributed by atoms with Gasteiger partial charge in [0.05, 0.1) is 22.9 Å². The number of halogens is 1. The number of imide groups is 1. The van der Waals surface area contributed by atoms with Crippen molar-refractivity contribution in [2.75, 3.05) is 18.9 Å². The molecule has 0 spiro atoms. The number of ether oxygens (including phenoxy) is 1. The molecule has 20 heavy (non-hydrogen) atoms. The SMILES string of the molecule is O=C(O)c1cc(SCC(=O)N2CCOC2=O)ccc1Cl. The maximum atomic E-state index is 11.8. The first-order valence-electron chi connectivity index (χ1n) is 5.62. The Morgan fingerprint density at radius 2 is 2.20 bits per heavy atom. The molecule has 0 atom stereocenters. The summed E-state index contributed by atoms with van der Waals surface area (Å²) < 4.78 is 4.67. The van der Waals surface area contributed by atoms with Crippen LogP contribution < -0.4 is 0 Å². The third kappa shape index (κ3) is 3.23. The summed E-state index contributed by atoms with van der Waals surface area (Å²) in [5.74, 6) is -1.48. The number of hydrogen-bond acceptors (Lipinski definition) is 5. The summed E-state index contributed by atoms with van der Waals surface area (Å²) in [6, 6.07) is 4.47. The van der Waals surface area contributed by atoms with Crippen LogP contribution in [0.2, 0.25) is 5.02 Å². The topological polar surface area (TPSA) is 83.9 Å². The highest BCUT2D eigenvalue weighted by atomic mass is 35.5. The normalized spacial score (nSPS) is 14.2. The number of carboxylic acids is 1. The second kappa shape index (κ2) is 6.15. The van der Waals surface area contributed by atoms with Crippen LogP contribution in [0.15, 0.2) is 23.1 Å². The van der Waals surface area contributed by atoms with Gasteiger partial charge in [-0.25, -0.2) is 14.5 Å². The average molecular weight is 316 g/mol. The fourth-order valence-corrected chi connectivity index (χ4v) is 2.61. The number of rotatable bonds is 4. The molecule has 8 heteroatoms. The van der Waals surface area contributed by atoms with Gasteiger partial charge in [0.2, 0.25) is 5.91 Å². The summed E-state index contributed by atoms with van der Waals surface area (Å²) in [5, 5.41) is 9.08. The number of nitrogens with zero attached hydrogens (tertiary/aromatic N) is 1. The van der Waals surface area contributed by atoms with E-state index in [4.69, 9.17) is 16.7 Å². The Bertz CT molecular complexity index is 577. The fraction of sp³-hybridized carbons (Fsp3) is 0.250. The van der Waals surface area contributed by atoms with Gasteiger partial charge in [0.1, 0.15) is 6.61 Å². The summed E-state index contributed by atoms with van der Waals surface area (Å²) in [7, 11) is 0. The van der Waals surface area contributed by atoms with Crippen LogP contribution in [-0.2, 0) is 9.53 Å². The number of carboxylic acid groups (broad SMARTS) is 1. The minimum Gasteiger partial charge on any atom is -0.478 e. The van der Waals surface area contributed by atoms with E-state index < -0.39 is 12.1 Å². The van der Waals surface area contributed by atoms with Crippen LogP contribution in [0.4, 0.5) is 4.79 Å². The molecule has 1 aromatic carbocycles. The van der Waals surface area contributed by atoms with Crippen molar-refractivity contribution in [1.29, 1.82) is 0 Å². The minimum atomic E-state index is -1.13. The van der Waals surface area contributed by atoms with E-state index >= 15 is 0 Å². The maximum Gasteiger partial charge on any atom is 0.416 e. The van der Waals surface area contributed by atoms with Crippen LogP contribution in [0.3, 0.4) is 0 Å². The molecular weight excluding hydrogens is 306 g/mol. The molecule has 1 aliphatic heterocycles. The van der Waals surface area contributed by atoms with Gasteiger partial charge in [0, 0.05) is 4.90 Å². The van der Waals surface area contributed by atoms with Crippen molar-refractivity contribution in [2.24, 2.45) is 0 Å². The molecule has 106 valence electrons. The van der Waals surface area contributed by atoms with Gasteiger partial charge in [-0.1, -0.05) is 11.6 Å². The third-order valence-corrected chi connectivity index (χ3v) is 3.90. The first-order chi connectivity index (χ1) is 9.49. The molecule has 1 aliphatic rings. The fourth-order valence-electron chi connectivity index (χ4n) is 1.60. The van der Waals surface area contributed by atoms with Crippen molar-refractivity contribution >= 4 is 41.3 Å². The molecule has 0 aromatic heterocycles. The zero-order valence-corrected chi connectivity index (χ0v) is 11.7. The predicted molar refractivity (Wildman–Crippen MR) is 72.2 cm³/mol. The van der Waals surface area contributed by atoms with E-state index in [9.17, 15) is 14.4 Å². The van der Waals surface area contributed by atoms with Crippen molar-refractivity contribution in [3.63, 3.8) is 0 Å². The van der Waals surface area contributed by atoms with Gasteiger partial charge in [0.15, 0.2) is 0 Å². The number of amides is 2. The highest BCUT2D eigenvalue weighted by molar-refractivity contribution is 8.00. The smallest absolute Gasteiger partial charge is 0.416 e. The van der Waals surface area contributed by atoms with Crippen LogP contribution in [-0.4, -0.2) is 46.9 Å². The highest BCUT2D eigenvalue weighted by Gasteiger charge is 2.28. The largest absolute Gasteiger partial charge is 0.478 e. The van der Waals surface area contributed by atoms with E-state index in [0.29, 0.717) is 4.90 Å². The zero-order valence-electron chi connectivity index (χ0n) is 10.2. The second-order valence-electron chi connectivity index (χ2n) is 3.90. The first kappa shape index (κ1) is 14.7. The van der Waals surface area contributed by atoms with Gasteiger partial charge in [-0.2, -0.15) is 0 Å². The van der Waals surface area contributed by atoms with Crippen LogP contribution in [0.5, 0.6) is 0 Å². The molecule has 1 N–H and O–H groups in total. The molecule has 0 bridgehead atoms. The lowest BCUT2D eigenvalue weighted by atomic mass is 10.2. The maximum absolute atomic E-state index is 11.8. The summed E-state index contributed by atoms with van der Waals surface area (Å²) in [6.07, 6.45) is -0.641. The number of cyclic esters (lactones) is 1. The van der Waals surface area contributed by atoms with Crippen LogP contribution in [0.25, 0.3) is 0 Å². The second-order valence-corrected chi connectivity index (χ2v) is 5.35. The van der Waals surface area contributed by atoms with Gasteiger partial charge in [-0.05, 0) is 18.2 Å². The lowest BCUT2D eigenvalue weighted by molar-refractivity contribution is -0.125. The number of aromatic carboxylic acids is 1. The molecule has 0 radical (unpaired) electrons. The van der Waals surface area contributed by atoms with Crippen molar-refractivity contribution in [1.82, 2.24) is 4.90 Å². The predicted octanol–water partition coefficient (Wildman–Crippen LogP) is 2.11. The van der Waals surface area contributed by atoms with Crippen molar-refractivity contribution < 1.29 is 24.2 Å². The molecule has 1 heterocycles. The first-order valence-corrected chi connectivity index (χ1v) is 6.98. The monoisotopic (exact) mass is 315 g/mol. The standard InChI is InChI=1S/C12H10ClNO5S/c13-9-2-1-7(5-8(9)11(16)17)20-6-10(15)14-3-4-19-12(14)18/h1-2,5H,3-4,6H2,(H,16,17). The summed E-state index contributed by atoms with van der Waals surface area (Å²) in [6.45, 7) is 0.457. The molecule has 2 rings (SSSR count). The van der Waals surface area contributed by atoms with Crippen LogP contribution in [0.1, 0.15) is 10.4 Å². The van der Waals surface area contributed by atoms with Gasteiger partial charge in [-0.15, -0.1) is 11.8 Å². The number of carbonyl (C=O) groups is 3. The third-order valence-electron chi connectivity index (χ3n) is 2.59. The van der Waals surface area contributed by atoms with Crippen LogP contribution in [0, 0.1) is 0 Å². The van der Waals surface area contributed by atoms with Gasteiger partial charge in [0.25, 0.3) is 0 Å². The van der Waals surface area contributed by atoms with E-state index in [2.05, 4.69) is 4.74 Å². The summed E-state index contributed by atoms with van der Waals surface area (Å²) in [4.78, 5) is 35.5. The van der Waals surface area contributed by atoms with E-state index in [1.54, 1.807) is 6.07 Å². The average Bonchev–Trinajstić information content (AvgIpc) is 2.83. The molecule has 1 saturated heterocycles. The number of hydrogen-bond donors (Lipinski definition) is 1. The van der Waals surface area contributed by atoms with Gasteiger partial charge in [-0.3, -0.25) is 4.79 Å². The molecule has 0 saturated carbocycles. The zero-order chi connectivity index (χ0) is 14.7. The number of thioether (sulfide) groups is 1.